The maximum Gasteiger partial charge on any atom is 0.0659 e. The monoisotopic (exact) mass is 210 g/mol. The third-order valence-corrected chi connectivity index (χ3v) is 3.09. The summed E-state index contributed by atoms with van der Waals surface area (Å²) in [6, 6.07) is 10.7. The van der Waals surface area contributed by atoms with Gasteiger partial charge in [0.15, 0.2) is 0 Å². The van der Waals surface area contributed by atoms with Crippen LogP contribution in [-0.2, 0) is 0 Å². The van der Waals surface area contributed by atoms with Crippen molar-refractivity contribution in [2.75, 3.05) is 0 Å². The molecule has 2 nitrogen and oxygen atoms in total. The molecule has 0 bridgehead atoms. The Bertz CT molecular complexity index is 650. The minimum atomic E-state index is 0.506. The largest absolute Gasteiger partial charge is 0.278 e. The van der Waals surface area contributed by atoms with Crippen molar-refractivity contribution in [3.05, 3.63) is 42.1 Å². The quantitative estimate of drug-likeness (QED) is 0.649. The van der Waals surface area contributed by atoms with Gasteiger partial charge in [-0.25, -0.2) is 0 Å². The molecule has 1 N–H and O–H groups in total. The molecule has 0 aliphatic rings. The molecule has 0 amide bonds. The van der Waals surface area contributed by atoms with Gasteiger partial charge in [-0.3, -0.25) is 5.10 Å². The molecular weight excluding hydrogens is 196 g/mol. The summed E-state index contributed by atoms with van der Waals surface area (Å²) in [5.41, 5.74) is 2.52. The summed E-state index contributed by atoms with van der Waals surface area (Å²) < 4.78 is 0. The van der Waals surface area contributed by atoms with E-state index in [4.69, 9.17) is 0 Å². The molecule has 0 radical (unpaired) electrons. The Balaban J connectivity index is 2.56. The molecule has 16 heavy (non-hydrogen) atoms. The van der Waals surface area contributed by atoms with E-state index in [2.05, 4.69) is 54.4 Å². The topological polar surface area (TPSA) is 28.7 Å². The lowest BCUT2D eigenvalue weighted by Crippen LogP contribution is -1.90. The molecule has 0 aliphatic heterocycles. The molecule has 2 aromatic carbocycles. The van der Waals surface area contributed by atoms with Crippen LogP contribution in [0.2, 0.25) is 0 Å². The number of rotatable bonds is 1. The number of aromatic nitrogens is 2. The Hall–Kier alpha value is -1.83. The first-order chi connectivity index (χ1) is 7.77. The van der Waals surface area contributed by atoms with Crippen LogP contribution in [0, 0.1) is 0 Å². The highest BCUT2D eigenvalue weighted by molar-refractivity contribution is 6.00. The van der Waals surface area contributed by atoms with Crippen LogP contribution in [0.3, 0.4) is 0 Å². The predicted octanol–water partition coefficient (Wildman–Crippen LogP) is 3.84. The molecule has 0 spiro atoms. The fraction of sp³-hybridized carbons (Fsp3) is 0.214. The standard InChI is InChI=1S/C14H14N2/c1-9(2)14-11-6-4-3-5-10(11)7-13-12(14)8-15-16-13/h3-9H,1-2H3,(H,15,16). The fourth-order valence-electron chi connectivity index (χ4n) is 2.41. The molecular formula is C14H14N2. The van der Waals surface area contributed by atoms with E-state index in [-0.39, 0.29) is 0 Å². The third kappa shape index (κ3) is 1.23. The molecule has 0 saturated carbocycles. The number of hydrogen-bond acceptors (Lipinski definition) is 1. The van der Waals surface area contributed by atoms with Gasteiger partial charge in [0, 0.05) is 5.39 Å². The van der Waals surface area contributed by atoms with Crippen molar-refractivity contribution in [3.63, 3.8) is 0 Å². The maximum absolute atomic E-state index is 4.14. The maximum atomic E-state index is 4.14. The molecule has 3 rings (SSSR count). The van der Waals surface area contributed by atoms with Crippen LogP contribution in [0.5, 0.6) is 0 Å². The van der Waals surface area contributed by atoms with Crippen molar-refractivity contribution < 1.29 is 0 Å². The first-order valence-electron chi connectivity index (χ1n) is 5.62. The van der Waals surface area contributed by atoms with Gasteiger partial charge in [-0.2, -0.15) is 5.10 Å². The van der Waals surface area contributed by atoms with Gasteiger partial charge >= 0.3 is 0 Å². The summed E-state index contributed by atoms with van der Waals surface area (Å²) in [7, 11) is 0. The lowest BCUT2D eigenvalue weighted by molar-refractivity contribution is 0.885. The average Bonchev–Trinajstić information content (AvgIpc) is 2.72. The van der Waals surface area contributed by atoms with Gasteiger partial charge in [0.05, 0.1) is 11.7 Å². The van der Waals surface area contributed by atoms with E-state index in [1.807, 2.05) is 6.20 Å². The van der Waals surface area contributed by atoms with Gasteiger partial charge in [0.2, 0.25) is 0 Å². The van der Waals surface area contributed by atoms with E-state index in [0.29, 0.717) is 5.92 Å². The number of H-pyrrole nitrogens is 1. The van der Waals surface area contributed by atoms with E-state index in [1.54, 1.807) is 0 Å². The summed E-state index contributed by atoms with van der Waals surface area (Å²) in [5.74, 6) is 0.506. The highest BCUT2D eigenvalue weighted by Gasteiger charge is 2.11. The zero-order valence-electron chi connectivity index (χ0n) is 9.49. The van der Waals surface area contributed by atoms with Gasteiger partial charge in [-0.05, 0) is 28.3 Å². The molecule has 0 aliphatic carbocycles. The van der Waals surface area contributed by atoms with Crippen molar-refractivity contribution in [1.82, 2.24) is 10.2 Å². The Kier molecular flexibility index (Phi) is 1.96. The van der Waals surface area contributed by atoms with Gasteiger partial charge < -0.3 is 0 Å². The van der Waals surface area contributed by atoms with E-state index < -0.39 is 0 Å². The van der Waals surface area contributed by atoms with Crippen LogP contribution >= 0.6 is 0 Å². The number of benzene rings is 2. The van der Waals surface area contributed by atoms with Crippen LogP contribution in [-0.4, -0.2) is 10.2 Å². The van der Waals surface area contributed by atoms with Crippen LogP contribution in [0.25, 0.3) is 21.7 Å². The molecule has 0 atom stereocenters. The Labute approximate surface area is 94.3 Å². The highest BCUT2D eigenvalue weighted by atomic mass is 15.1. The minimum Gasteiger partial charge on any atom is -0.278 e. The number of aromatic amines is 1. The molecule has 3 aromatic rings. The van der Waals surface area contributed by atoms with Crippen molar-refractivity contribution in [1.29, 1.82) is 0 Å². The van der Waals surface area contributed by atoms with Crippen molar-refractivity contribution in [2.24, 2.45) is 0 Å². The zero-order chi connectivity index (χ0) is 11.1. The highest BCUT2D eigenvalue weighted by Crippen LogP contribution is 2.32. The average molecular weight is 210 g/mol. The second kappa shape index (κ2) is 3.34. The second-order valence-corrected chi connectivity index (χ2v) is 4.50. The Morgan fingerprint density at radius 3 is 2.75 bits per heavy atom. The number of nitrogens with one attached hydrogen (secondary N) is 1. The second-order valence-electron chi connectivity index (χ2n) is 4.50. The van der Waals surface area contributed by atoms with Gasteiger partial charge in [-0.1, -0.05) is 38.1 Å². The van der Waals surface area contributed by atoms with Crippen LogP contribution in [0.4, 0.5) is 0 Å². The SMILES string of the molecule is CC(C)c1c2ccccc2cc2[nH]ncc12. The molecule has 1 aromatic heterocycles. The van der Waals surface area contributed by atoms with Crippen LogP contribution in [0.15, 0.2) is 36.5 Å². The summed E-state index contributed by atoms with van der Waals surface area (Å²) in [6.45, 7) is 4.46. The molecule has 2 heteroatoms. The van der Waals surface area contributed by atoms with Crippen molar-refractivity contribution in [2.45, 2.75) is 19.8 Å². The van der Waals surface area contributed by atoms with Crippen molar-refractivity contribution in [3.8, 4) is 0 Å². The van der Waals surface area contributed by atoms with Crippen molar-refractivity contribution >= 4 is 21.7 Å². The first-order valence-corrected chi connectivity index (χ1v) is 5.62. The Morgan fingerprint density at radius 1 is 1.12 bits per heavy atom. The van der Waals surface area contributed by atoms with E-state index >= 15 is 0 Å². The fourth-order valence-corrected chi connectivity index (χ4v) is 2.41. The molecule has 0 fully saturated rings. The number of fused-ring (bicyclic) bond motifs is 2. The minimum absolute atomic E-state index is 0.506. The van der Waals surface area contributed by atoms with Gasteiger partial charge in [-0.15, -0.1) is 0 Å². The third-order valence-electron chi connectivity index (χ3n) is 3.09. The van der Waals surface area contributed by atoms with E-state index in [0.717, 1.165) is 5.52 Å². The number of hydrogen-bond donors (Lipinski definition) is 1. The van der Waals surface area contributed by atoms with E-state index in [9.17, 15) is 0 Å². The summed E-state index contributed by atoms with van der Waals surface area (Å²) in [5, 5.41) is 11.1. The summed E-state index contributed by atoms with van der Waals surface area (Å²) in [4.78, 5) is 0. The molecule has 80 valence electrons. The molecule has 1 heterocycles. The van der Waals surface area contributed by atoms with Gasteiger partial charge in [0.1, 0.15) is 0 Å². The predicted molar refractivity (Wildman–Crippen MR) is 67.7 cm³/mol. The zero-order valence-corrected chi connectivity index (χ0v) is 9.49. The van der Waals surface area contributed by atoms with Crippen LogP contribution < -0.4 is 0 Å². The van der Waals surface area contributed by atoms with Crippen LogP contribution in [0.1, 0.15) is 25.3 Å². The Morgan fingerprint density at radius 2 is 1.94 bits per heavy atom. The molecule has 0 saturated heterocycles. The lowest BCUT2D eigenvalue weighted by Gasteiger charge is -2.11. The normalized spacial score (nSPS) is 11.7. The number of nitrogens with zero attached hydrogens (tertiary/aromatic N) is 1. The summed E-state index contributed by atoms with van der Waals surface area (Å²) >= 11 is 0. The first kappa shape index (κ1) is 9.40. The summed E-state index contributed by atoms with van der Waals surface area (Å²) in [6.07, 6.45) is 1.93. The van der Waals surface area contributed by atoms with E-state index in [1.165, 1.54) is 21.7 Å². The smallest absolute Gasteiger partial charge is 0.0659 e. The molecule has 0 unspecified atom stereocenters. The lowest BCUT2D eigenvalue weighted by atomic mass is 9.93. The van der Waals surface area contributed by atoms with Gasteiger partial charge in [0.25, 0.3) is 0 Å².